The molecule has 0 N–H and O–H groups in total. The standard InChI is InChI=1S/C13H17N3O2S/c1-11-2-4-12(5-3-11)10-19(17,18)16-8-6-13(7-9-16)14-15-13/h2-5H,6-10H2,1H3. The van der Waals surface area contributed by atoms with Crippen LogP contribution in [0.4, 0.5) is 0 Å². The van der Waals surface area contributed by atoms with Gasteiger partial charge in [-0.25, -0.2) is 12.7 Å². The van der Waals surface area contributed by atoms with Gasteiger partial charge in [0.25, 0.3) is 0 Å². The van der Waals surface area contributed by atoms with Gasteiger partial charge in [0.1, 0.15) is 0 Å². The second-order valence-electron chi connectivity index (χ2n) is 5.32. The largest absolute Gasteiger partial charge is 0.218 e. The van der Waals surface area contributed by atoms with Gasteiger partial charge in [-0.2, -0.15) is 10.2 Å². The van der Waals surface area contributed by atoms with E-state index in [-0.39, 0.29) is 11.4 Å². The van der Waals surface area contributed by atoms with Gasteiger partial charge in [0.15, 0.2) is 5.66 Å². The third-order valence-corrected chi connectivity index (χ3v) is 5.62. The maximum Gasteiger partial charge on any atom is 0.218 e. The van der Waals surface area contributed by atoms with E-state index in [2.05, 4.69) is 10.2 Å². The van der Waals surface area contributed by atoms with E-state index in [1.807, 2.05) is 31.2 Å². The lowest BCUT2D eigenvalue weighted by molar-refractivity contribution is 0.295. The molecule has 3 rings (SSSR count). The molecule has 5 nitrogen and oxygen atoms in total. The van der Waals surface area contributed by atoms with Gasteiger partial charge in [0.2, 0.25) is 10.0 Å². The summed E-state index contributed by atoms with van der Waals surface area (Å²) in [5.41, 5.74) is 1.75. The molecule has 0 unspecified atom stereocenters. The Morgan fingerprint density at radius 3 is 2.26 bits per heavy atom. The van der Waals surface area contributed by atoms with Gasteiger partial charge in [-0.1, -0.05) is 29.8 Å². The van der Waals surface area contributed by atoms with Crippen LogP contribution >= 0.6 is 0 Å². The molecule has 2 aliphatic rings. The van der Waals surface area contributed by atoms with Gasteiger partial charge >= 0.3 is 0 Å². The Labute approximate surface area is 113 Å². The van der Waals surface area contributed by atoms with Gasteiger partial charge in [0, 0.05) is 25.9 Å². The Morgan fingerprint density at radius 1 is 1.16 bits per heavy atom. The second-order valence-corrected chi connectivity index (χ2v) is 7.29. The fourth-order valence-corrected chi connectivity index (χ4v) is 3.91. The van der Waals surface area contributed by atoms with E-state index in [0.717, 1.165) is 24.0 Å². The van der Waals surface area contributed by atoms with Crippen LogP contribution in [0.25, 0.3) is 0 Å². The molecule has 102 valence electrons. The highest BCUT2D eigenvalue weighted by molar-refractivity contribution is 7.88. The Kier molecular flexibility index (Phi) is 2.94. The molecular formula is C13H17N3O2S. The van der Waals surface area contributed by atoms with E-state index in [9.17, 15) is 8.42 Å². The average molecular weight is 279 g/mol. The Morgan fingerprint density at radius 2 is 1.74 bits per heavy atom. The van der Waals surface area contributed by atoms with Crippen molar-refractivity contribution in [3.05, 3.63) is 35.4 Å². The van der Waals surface area contributed by atoms with Gasteiger partial charge in [-0.05, 0) is 12.5 Å². The van der Waals surface area contributed by atoms with Crippen LogP contribution in [0, 0.1) is 6.92 Å². The maximum absolute atomic E-state index is 12.3. The minimum absolute atomic E-state index is 0.0779. The summed E-state index contributed by atoms with van der Waals surface area (Å²) in [4.78, 5) is 0. The van der Waals surface area contributed by atoms with Crippen molar-refractivity contribution in [2.45, 2.75) is 31.2 Å². The van der Waals surface area contributed by atoms with Crippen LogP contribution in [0.3, 0.4) is 0 Å². The Hall–Kier alpha value is -1.27. The third-order valence-electron chi connectivity index (χ3n) is 3.77. The molecule has 1 saturated heterocycles. The van der Waals surface area contributed by atoms with E-state index >= 15 is 0 Å². The number of aryl methyl sites for hydroxylation is 1. The van der Waals surface area contributed by atoms with Crippen molar-refractivity contribution >= 4 is 10.0 Å². The van der Waals surface area contributed by atoms with E-state index < -0.39 is 10.0 Å². The number of benzene rings is 1. The summed E-state index contributed by atoms with van der Waals surface area (Å²) in [6, 6.07) is 7.64. The third kappa shape index (κ3) is 2.69. The highest BCUT2D eigenvalue weighted by atomic mass is 32.2. The quantitative estimate of drug-likeness (QED) is 0.850. The highest BCUT2D eigenvalue weighted by Gasteiger charge is 2.44. The van der Waals surface area contributed by atoms with Gasteiger partial charge in [-0.3, -0.25) is 0 Å². The molecule has 2 aliphatic heterocycles. The van der Waals surface area contributed by atoms with Crippen molar-refractivity contribution in [1.82, 2.24) is 4.31 Å². The lowest BCUT2D eigenvalue weighted by atomic mass is 10.0. The first kappa shape index (κ1) is 12.7. The Balaban J connectivity index is 1.67. The van der Waals surface area contributed by atoms with Gasteiger partial charge in [-0.15, -0.1) is 0 Å². The summed E-state index contributed by atoms with van der Waals surface area (Å²) in [6.07, 6.45) is 1.44. The van der Waals surface area contributed by atoms with Crippen molar-refractivity contribution in [3.63, 3.8) is 0 Å². The van der Waals surface area contributed by atoms with Crippen LogP contribution in [0.1, 0.15) is 24.0 Å². The number of sulfonamides is 1. The van der Waals surface area contributed by atoms with Crippen LogP contribution in [-0.4, -0.2) is 31.5 Å². The molecule has 0 aliphatic carbocycles. The Bertz CT molecular complexity index is 591. The zero-order valence-corrected chi connectivity index (χ0v) is 11.7. The summed E-state index contributed by atoms with van der Waals surface area (Å²) >= 11 is 0. The van der Waals surface area contributed by atoms with Crippen LogP contribution in [0.5, 0.6) is 0 Å². The molecule has 1 aromatic carbocycles. The van der Waals surface area contributed by atoms with Gasteiger partial charge < -0.3 is 0 Å². The fraction of sp³-hybridized carbons (Fsp3) is 0.538. The molecule has 0 atom stereocenters. The highest BCUT2D eigenvalue weighted by Crippen LogP contribution is 2.39. The molecule has 0 amide bonds. The molecule has 0 bridgehead atoms. The lowest BCUT2D eigenvalue weighted by Gasteiger charge is -2.28. The topological polar surface area (TPSA) is 62.1 Å². The van der Waals surface area contributed by atoms with Crippen molar-refractivity contribution < 1.29 is 8.42 Å². The molecule has 1 aromatic rings. The van der Waals surface area contributed by atoms with Crippen molar-refractivity contribution in [3.8, 4) is 0 Å². The average Bonchev–Trinajstić information content (AvgIpc) is 3.12. The van der Waals surface area contributed by atoms with Gasteiger partial charge in [0.05, 0.1) is 5.75 Å². The number of nitrogens with zero attached hydrogens (tertiary/aromatic N) is 3. The molecule has 2 heterocycles. The smallest absolute Gasteiger partial charge is 0.212 e. The minimum atomic E-state index is -3.22. The summed E-state index contributed by atoms with van der Waals surface area (Å²) in [5.74, 6) is 0.0779. The van der Waals surface area contributed by atoms with E-state index in [1.54, 1.807) is 4.31 Å². The zero-order valence-electron chi connectivity index (χ0n) is 10.9. The molecule has 0 saturated carbocycles. The summed E-state index contributed by atoms with van der Waals surface area (Å²) in [5, 5.41) is 8.01. The first-order valence-electron chi connectivity index (χ1n) is 6.47. The van der Waals surface area contributed by atoms with E-state index in [4.69, 9.17) is 0 Å². The van der Waals surface area contributed by atoms with Crippen LogP contribution in [-0.2, 0) is 15.8 Å². The van der Waals surface area contributed by atoms with Crippen LogP contribution < -0.4 is 0 Å². The lowest BCUT2D eigenvalue weighted by Crippen LogP contribution is -2.41. The predicted octanol–water partition coefficient (Wildman–Crippen LogP) is 2.08. The number of piperidine rings is 1. The number of hydrogen-bond acceptors (Lipinski definition) is 4. The van der Waals surface area contributed by atoms with Crippen LogP contribution in [0.15, 0.2) is 34.5 Å². The molecule has 6 heteroatoms. The monoisotopic (exact) mass is 279 g/mol. The van der Waals surface area contributed by atoms with E-state index in [0.29, 0.717) is 13.1 Å². The predicted molar refractivity (Wildman–Crippen MR) is 72.2 cm³/mol. The summed E-state index contributed by atoms with van der Waals surface area (Å²) < 4.78 is 26.2. The van der Waals surface area contributed by atoms with Crippen molar-refractivity contribution in [1.29, 1.82) is 0 Å². The first-order chi connectivity index (χ1) is 8.99. The van der Waals surface area contributed by atoms with Crippen LogP contribution in [0.2, 0.25) is 0 Å². The molecule has 1 spiro atoms. The van der Waals surface area contributed by atoms with Crippen molar-refractivity contribution in [2.75, 3.05) is 13.1 Å². The first-order valence-corrected chi connectivity index (χ1v) is 8.08. The number of hydrogen-bond donors (Lipinski definition) is 0. The molecule has 1 fully saturated rings. The minimum Gasteiger partial charge on any atom is -0.212 e. The normalized spacial score (nSPS) is 21.7. The van der Waals surface area contributed by atoms with Crippen molar-refractivity contribution in [2.24, 2.45) is 10.2 Å². The molecular weight excluding hydrogens is 262 g/mol. The maximum atomic E-state index is 12.3. The summed E-state index contributed by atoms with van der Waals surface area (Å²) in [6.45, 7) is 3.05. The second kappa shape index (κ2) is 4.38. The fourth-order valence-electron chi connectivity index (χ4n) is 2.38. The summed E-state index contributed by atoms with van der Waals surface area (Å²) in [7, 11) is -3.22. The molecule has 0 aromatic heterocycles. The molecule has 19 heavy (non-hydrogen) atoms. The zero-order chi connectivity index (χ0) is 13.5. The number of rotatable bonds is 3. The van der Waals surface area contributed by atoms with E-state index in [1.165, 1.54) is 0 Å². The molecule has 0 radical (unpaired) electrons. The SMILES string of the molecule is Cc1ccc(CS(=O)(=O)N2CCC3(CC2)N=N3)cc1.